The van der Waals surface area contributed by atoms with E-state index in [-0.39, 0.29) is 35.7 Å². The van der Waals surface area contributed by atoms with Gasteiger partial charge in [-0.25, -0.2) is 0 Å². The average Bonchev–Trinajstić information content (AvgIpc) is 3.46. The fourth-order valence-electron chi connectivity index (χ4n) is 2.27. The van der Waals surface area contributed by atoms with Crippen LogP contribution in [-0.4, -0.2) is 64.1 Å². The first kappa shape index (κ1) is 30.7. The molecule has 2 atom stereocenters. The van der Waals surface area contributed by atoms with E-state index in [4.69, 9.17) is 15.9 Å². The molecule has 11 heteroatoms. The summed E-state index contributed by atoms with van der Waals surface area (Å²) < 4.78 is 0. The number of carbonyl (C=O) groups excluding carboxylic acids is 2. The van der Waals surface area contributed by atoms with Gasteiger partial charge in [0.1, 0.15) is 18.6 Å². The summed E-state index contributed by atoms with van der Waals surface area (Å²) in [5.41, 5.74) is 5.34. The molecule has 0 unspecified atom stereocenters. The molecule has 0 aromatic rings. The molecule has 0 aromatic heterocycles. The zero-order valence-electron chi connectivity index (χ0n) is 17.3. The average molecular weight is 505 g/mol. The van der Waals surface area contributed by atoms with E-state index >= 15 is 0 Å². The Balaban J connectivity index is 0.00000140. The summed E-state index contributed by atoms with van der Waals surface area (Å²) in [4.78, 5) is 45.3. The van der Waals surface area contributed by atoms with Gasteiger partial charge in [0.25, 0.3) is 0 Å². The third-order valence-corrected chi connectivity index (χ3v) is 5.01. The third kappa shape index (κ3) is 14.7. The Hall–Kier alpha value is -1.29. The van der Waals surface area contributed by atoms with Crippen LogP contribution in [0, 0.1) is 63.7 Å². The molecule has 2 fully saturated rings. The van der Waals surface area contributed by atoms with Crippen LogP contribution in [0.15, 0.2) is 0 Å². The number of carboxylic acid groups (broad SMARTS) is 2. The topological polar surface area (TPSA) is 159 Å². The minimum atomic E-state index is -1.21. The molecule has 0 bridgehead atoms. The third-order valence-electron chi connectivity index (χ3n) is 3.91. The molecule has 174 valence electrons. The molecule has 10 radical (unpaired) electrons. The number of hydrogen-bond acceptors (Lipinski definition) is 6. The second-order valence-electron chi connectivity index (χ2n) is 6.49. The van der Waals surface area contributed by atoms with Gasteiger partial charge in [-0.15, -0.1) is 0 Å². The monoisotopic (exact) mass is 505 g/mol. The molecule has 2 amide bonds. The van der Waals surface area contributed by atoms with E-state index in [1.807, 2.05) is 57.8 Å². The quantitative estimate of drug-likeness (QED) is 0.232. The molecule has 0 heterocycles. The fourth-order valence-corrected chi connectivity index (χ4v) is 3.29. The summed E-state index contributed by atoms with van der Waals surface area (Å²) in [7, 11) is 0. The molecule has 0 aliphatic heterocycles. The van der Waals surface area contributed by atoms with E-state index in [0.29, 0.717) is 5.75 Å². The van der Waals surface area contributed by atoms with Crippen LogP contribution in [0.1, 0.15) is 12.8 Å². The minimum Gasteiger partial charge on any atom is -0.480 e. The van der Waals surface area contributed by atoms with Crippen molar-refractivity contribution in [1.82, 2.24) is 10.6 Å². The van der Waals surface area contributed by atoms with Gasteiger partial charge in [-0.3, -0.25) is 19.2 Å². The van der Waals surface area contributed by atoms with Crippen molar-refractivity contribution in [3.63, 3.8) is 0 Å². The van der Waals surface area contributed by atoms with Crippen molar-refractivity contribution < 1.29 is 46.5 Å². The van der Waals surface area contributed by atoms with Crippen molar-refractivity contribution in [3.05, 3.63) is 63.7 Å². The van der Waals surface area contributed by atoms with Crippen LogP contribution < -0.4 is 16.4 Å². The largest absolute Gasteiger partial charge is 2.00 e. The molecule has 0 spiro atoms. The van der Waals surface area contributed by atoms with Crippen LogP contribution in [-0.2, 0) is 36.2 Å². The molecular formula is C21H27FeN3O6S+2. The first-order chi connectivity index (χ1) is 14.8. The Morgan fingerprint density at radius 2 is 1.53 bits per heavy atom. The maximum Gasteiger partial charge on any atom is 2.00 e. The molecule has 0 saturated heterocycles. The Morgan fingerprint density at radius 3 is 2.03 bits per heavy atom. The molecule has 2 aliphatic rings. The predicted octanol–water partition coefficient (Wildman–Crippen LogP) is 0.0215. The van der Waals surface area contributed by atoms with E-state index in [2.05, 4.69) is 10.6 Å². The van der Waals surface area contributed by atoms with Gasteiger partial charge in [-0.05, 0) is 70.1 Å². The number of carboxylic acids is 2. The van der Waals surface area contributed by atoms with Gasteiger partial charge in [0.15, 0.2) is 0 Å². The van der Waals surface area contributed by atoms with E-state index < -0.39 is 42.4 Å². The number of thioether (sulfide) groups is 1. The zero-order chi connectivity index (χ0) is 23.1. The van der Waals surface area contributed by atoms with E-state index in [9.17, 15) is 19.2 Å². The second-order valence-corrected chi connectivity index (χ2v) is 7.52. The van der Waals surface area contributed by atoms with Crippen molar-refractivity contribution in [2.24, 2.45) is 5.73 Å². The Bertz CT molecular complexity index is 578. The Labute approximate surface area is 204 Å². The van der Waals surface area contributed by atoms with E-state index in [1.165, 1.54) is 11.8 Å². The summed E-state index contributed by atoms with van der Waals surface area (Å²) in [5.74, 6) is -1.59. The SMILES string of the molecule is N[C@@H](CCC(=O)N[C@H](CSC[C]1[CH][CH][CH][CH]1)C(=O)NCC(=O)O)C(=O)O.[CH]1[CH][CH][CH][CH]1.[Fe+2]. The van der Waals surface area contributed by atoms with Crippen LogP contribution in [0.5, 0.6) is 0 Å². The normalized spacial score (nSPS) is 17.3. The second kappa shape index (κ2) is 18.2. The van der Waals surface area contributed by atoms with Crippen molar-refractivity contribution in [2.75, 3.05) is 18.1 Å². The van der Waals surface area contributed by atoms with E-state index in [0.717, 1.165) is 5.92 Å². The molecular weight excluding hydrogens is 478 g/mol. The molecule has 2 rings (SSSR count). The van der Waals surface area contributed by atoms with Crippen molar-refractivity contribution in [2.45, 2.75) is 24.9 Å². The van der Waals surface area contributed by atoms with Crippen molar-refractivity contribution in [3.8, 4) is 0 Å². The van der Waals surface area contributed by atoms with Crippen LogP contribution in [0.4, 0.5) is 0 Å². The summed E-state index contributed by atoms with van der Waals surface area (Å²) in [6.07, 6.45) is 17.4. The van der Waals surface area contributed by atoms with Gasteiger partial charge in [0, 0.05) is 17.9 Å². The number of aliphatic carboxylic acids is 2. The number of nitrogens with one attached hydrogen (secondary N) is 2. The molecule has 0 aromatic carbocycles. The van der Waals surface area contributed by atoms with Crippen LogP contribution >= 0.6 is 11.8 Å². The molecule has 9 nitrogen and oxygen atoms in total. The zero-order valence-corrected chi connectivity index (χ0v) is 19.2. The summed E-state index contributed by atoms with van der Waals surface area (Å²) in [6.45, 7) is -0.553. The predicted molar refractivity (Wildman–Crippen MR) is 117 cm³/mol. The first-order valence-electron chi connectivity index (χ1n) is 9.52. The van der Waals surface area contributed by atoms with Crippen molar-refractivity contribution >= 4 is 35.5 Å². The fraction of sp³-hybridized carbons (Fsp3) is 0.333. The Morgan fingerprint density at radius 1 is 0.969 bits per heavy atom. The minimum absolute atomic E-state index is 0. The van der Waals surface area contributed by atoms with Crippen LogP contribution in [0.3, 0.4) is 0 Å². The standard InChI is InChI=1S/C16H22N3O6S.C5H5.Fe/c17-11(16(24)25)5-6-13(20)19-12(15(23)18-7-14(21)22)9-26-8-10-3-1-2-4-10;1-2-4-5-3-1;/h1-4,11-12H,5-9,17H2,(H,18,23)(H,19,20)(H,21,22)(H,24,25);1-5H;/q;;+2/t11-,12+;;/m0../s1. The van der Waals surface area contributed by atoms with Gasteiger partial charge < -0.3 is 26.6 Å². The van der Waals surface area contributed by atoms with Gasteiger partial charge in [0.05, 0.1) is 0 Å². The molecule has 6 N–H and O–H groups in total. The number of carbonyl (C=O) groups is 4. The van der Waals surface area contributed by atoms with Gasteiger partial charge >= 0.3 is 29.0 Å². The maximum atomic E-state index is 12.1. The van der Waals surface area contributed by atoms with Gasteiger partial charge in [-0.1, -0.05) is 0 Å². The summed E-state index contributed by atoms with van der Waals surface area (Å²) in [6, 6.07) is -2.09. The van der Waals surface area contributed by atoms with Crippen molar-refractivity contribution in [1.29, 1.82) is 0 Å². The Kier molecular flexibility index (Phi) is 17.4. The molecule has 32 heavy (non-hydrogen) atoms. The maximum absolute atomic E-state index is 12.1. The van der Waals surface area contributed by atoms with E-state index in [1.54, 1.807) is 0 Å². The number of nitrogens with two attached hydrogens (primary N) is 1. The summed E-state index contributed by atoms with van der Waals surface area (Å²) >= 11 is 1.41. The number of rotatable bonds is 12. The van der Waals surface area contributed by atoms with Crippen LogP contribution in [0.25, 0.3) is 0 Å². The number of amides is 2. The smallest absolute Gasteiger partial charge is 0.480 e. The molecule has 2 aliphatic carbocycles. The first-order valence-corrected chi connectivity index (χ1v) is 10.7. The molecule has 2 saturated carbocycles. The van der Waals surface area contributed by atoms with Crippen LogP contribution in [0.2, 0.25) is 0 Å². The summed E-state index contributed by atoms with van der Waals surface area (Å²) in [5, 5.41) is 22.1. The number of hydrogen-bond donors (Lipinski definition) is 5. The van der Waals surface area contributed by atoms with Gasteiger partial charge in [-0.2, -0.15) is 11.8 Å². The van der Waals surface area contributed by atoms with Gasteiger partial charge in [0.2, 0.25) is 11.8 Å².